The van der Waals surface area contributed by atoms with Gasteiger partial charge in [-0.25, -0.2) is 0 Å². The van der Waals surface area contributed by atoms with Gasteiger partial charge in [0.1, 0.15) is 0 Å². The maximum Gasteiger partial charge on any atom is 0.0553 e. The first kappa shape index (κ1) is 33.1. The molecule has 0 spiro atoms. The van der Waals surface area contributed by atoms with Crippen LogP contribution in [0.2, 0.25) is 0 Å². The number of benzene rings is 1. The highest BCUT2D eigenvalue weighted by atomic mass is 15.1. The van der Waals surface area contributed by atoms with E-state index in [-0.39, 0.29) is 12.0 Å². The molecular formula is C42H49N. The second kappa shape index (κ2) is 15.8. The van der Waals surface area contributed by atoms with Crippen LogP contribution in [0.1, 0.15) is 57.6 Å². The van der Waals surface area contributed by atoms with Gasteiger partial charge < -0.3 is 4.90 Å². The van der Waals surface area contributed by atoms with Crippen LogP contribution in [0.4, 0.5) is 0 Å². The minimum atomic E-state index is 0.186. The highest BCUT2D eigenvalue weighted by Gasteiger charge is 2.25. The Morgan fingerprint density at radius 2 is 1.65 bits per heavy atom. The fraction of sp³-hybridized carbons (Fsp3) is 0.238. The van der Waals surface area contributed by atoms with Crippen molar-refractivity contribution in [3.05, 3.63) is 192 Å². The zero-order valence-electron chi connectivity index (χ0n) is 26.9. The van der Waals surface area contributed by atoms with Crippen molar-refractivity contribution in [3.63, 3.8) is 0 Å². The van der Waals surface area contributed by atoms with Crippen molar-refractivity contribution >= 4 is 0 Å². The molecule has 0 fully saturated rings. The molecule has 3 unspecified atom stereocenters. The van der Waals surface area contributed by atoms with Gasteiger partial charge in [-0.3, -0.25) is 0 Å². The van der Waals surface area contributed by atoms with E-state index < -0.39 is 0 Å². The van der Waals surface area contributed by atoms with Gasteiger partial charge in [0.05, 0.1) is 6.04 Å². The SMILES string of the molecule is C=C/C=C(C)\C=C\N(C(=C)/C(C)=C\C(=C)C(=C)/C=C(/C)C(=C)C(c1cccc(C)c1)C1C=CC(C)=CC1)C1C=CC=CC1. The first-order valence-electron chi connectivity index (χ1n) is 15.2. The Labute approximate surface area is 261 Å². The third-order valence-corrected chi connectivity index (χ3v) is 8.18. The third-order valence-electron chi connectivity index (χ3n) is 8.18. The minimum absolute atomic E-state index is 0.186. The van der Waals surface area contributed by atoms with Gasteiger partial charge in [-0.05, 0) is 98.5 Å². The third kappa shape index (κ3) is 9.32. The van der Waals surface area contributed by atoms with Crippen LogP contribution in [0.15, 0.2) is 181 Å². The molecule has 0 heterocycles. The minimum Gasteiger partial charge on any atom is -0.341 e. The summed E-state index contributed by atoms with van der Waals surface area (Å²) in [5, 5.41) is 0. The van der Waals surface area contributed by atoms with Gasteiger partial charge in [0, 0.05) is 17.8 Å². The van der Waals surface area contributed by atoms with Crippen molar-refractivity contribution in [1.82, 2.24) is 4.90 Å². The van der Waals surface area contributed by atoms with Gasteiger partial charge in [0.15, 0.2) is 0 Å². The Morgan fingerprint density at radius 3 is 2.26 bits per heavy atom. The van der Waals surface area contributed by atoms with Crippen LogP contribution in [0.5, 0.6) is 0 Å². The Kier molecular flexibility index (Phi) is 12.1. The van der Waals surface area contributed by atoms with Crippen LogP contribution in [0.3, 0.4) is 0 Å². The Balaban J connectivity index is 1.83. The molecule has 0 saturated carbocycles. The molecule has 0 N–H and O–H groups in total. The van der Waals surface area contributed by atoms with E-state index in [0.717, 1.165) is 52.0 Å². The van der Waals surface area contributed by atoms with Crippen molar-refractivity contribution in [2.45, 2.75) is 59.4 Å². The maximum atomic E-state index is 4.62. The summed E-state index contributed by atoms with van der Waals surface area (Å²) in [6.45, 7) is 32.3. The molecule has 0 bridgehead atoms. The summed E-state index contributed by atoms with van der Waals surface area (Å²) < 4.78 is 0. The predicted octanol–water partition coefficient (Wildman–Crippen LogP) is 11.5. The van der Waals surface area contributed by atoms with Crippen LogP contribution in [0, 0.1) is 12.8 Å². The number of aryl methyl sites for hydroxylation is 1. The Morgan fingerprint density at radius 1 is 0.930 bits per heavy atom. The topological polar surface area (TPSA) is 3.24 Å². The number of nitrogens with zero attached hydrogens (tertiary/aromatic N) is 1. The number of hydrogen-bond donors (Lipinski definition) is 0. The highest BCUT2D eigenvalue weighted by Crippen LogP contribution is 2.40. The van der Waals surface area contributed by atoms with E-state index in [9.17, 15) is 0 Å². The van der Waals surface area contributed by atoms with E-state index in [1.54, 1.807) is 6.08 Å². The molecule has 3 atom stereocenters. The average Bonchev–Trinajstić information content (AvgIpc) is 2.98. The number of allylic oxidation sites excluding steroid dienone is 17. The van der Waals surface area contributed by atoms with E-state index >= 15 is 0 Å². The van der Waals surface area contributed by atoms with E-state index in [0.29, 0.717) is 5.92 Å². The molecule has 2 aliphatic carbocycles. The highest BCUT2D eigenvalue weighted by molar-refractivity contribution is 5.52. The summed E-state index contributed by atoms with van der Waals surface area (Å²) >= 11 is 0. The second-order valence-electron chi connectivity index (χ2n) is 11.8. The summed E-state index contributed by atoms with van der Waals surface area (Å²) in [4.78, 5) is 2.23. The zero-order chi connectivity index (χ0) is 31.5. The molecule has 222 valence electrons. The first-order valence-corrected chi connectivity index (χ1v) is 15.2. The smallest absolute Gasteiger partial charge is 0.0553 e. The van der Waals surface area contributed by atoms with Crippen molar-refractivity contribution in [3.8, 4) is 0 Å². The lowest BCUT2D eigenvalue weighted by Gasteiger charge is -2.31. The van der Waals surface area contributed by atoms with Crippen molar-refractivity contribution < 1.29 is 0 Å². The zero-order valence-corrected chi connectivity index (χ0v) is 26.9. The molecule has 3 rings (SSSR count). The van der Waals surface area contributed by atoms with Gasteiger partial charge in [-0.2, -0.15) is 0 Å². The van der Waals surface area contributed by atoms with E-state index in [1.165, 1.54) is 16.7 Å². The van der Waals surface area contributed by atoms with Gasteiger partial charge in [-0.15, -0.1) is 0 Å². The molecule has 1 aromatic rings. The van der Waals surface area contributed by atoms with Gasteiger partial charge in [-0.1, -0.05) is 135 Å². The van der Waals surface area contributed by atoms with E-state index in [2.05, 4.69) is 164 Å². The second-order valence-corrected chi connectivity index (χ2v) is 11.8. The Hall–Kier alpha value is -4.36. The van der Waals surface area contributed by atoms with E-state index in [1.807, 2.05) is 6.08 Å². The van der Waals surface area contributed by atoms with Crippen LogP contribution < -0.4 is 0 Å². The first-order chi connectivity index (χ1) is 20.5. The molecule has 1 heteroatoms. The summed E-state index contributed by atoms with van der Waals surface area (Å²) in [6, 6.07) is 9.01. The molecule has 1 aromatic carbocycles. The molecule has 43 heavy (non-hydrogen) atoms. The lowest BCUT2D eigenvalue weighted by molar-refractivity contribution is 0.400. The molecule has 2 aliphatic rings. The quantitative estimate of drug-likeness (QED) is 0.214. The maximum absolute atomic E-state index is 4.62. The van der Waals surface area contributed by atoms with Crippen molar-refractivity contribution in [2.75, 3.05) is 0 Å². The average molecular weight is 568 g/mol. The van der Waals surface area contributed by atoms with Gasteiger partial charge in [0.2, 0.25) is 0 Å². The van der Waals surface area contributed by atoms with Crippen molar-refractivity contribution in [2.24, 2.45) is 5.92 Å². The molecule has 0 amide bonds. The number of hydrogen-bond acceptors (Lipinski definition) is 1. The monoisotopic (exact) mass is 567 g/mol. The fourth-order valence-corrected chi connectivity index (χ4v) is 5.51. The number of rotatable bonds is 13. The lowest BCUT2D eigenvalue weighted by Crippen LogP contribution is -2.29. The van der Waals surface area contributed by atoms with Crippen LogP contribution >= 0.6 is 0 Å². The molecular weight excluding hydrogens is 518 g/mol. The van der Waals surface area contributed by atoms with Crippen LogP contribution in [0.25, 0.3) is 0 Å². The van der Waals surface area contributed by atoms with Crippen molar-refractivity contribution in [1.29, 1.82) is 0 Å². The molecule has 0 aromatic heterocycles. The predicted molar refractivity (Wildman–Crippen MR) is 191 cm³/mol. The molecule has 0 saturated heterocycles. The Bertz CT molecular complexity index is 1500. The molecule has 1 nitrogen and oxygen atoms in total. The molecule has 0 radical (unpaired) electrons. The van der Waals surface area contributed by atoms with Gasteiger partial charge in [0.25, 0.3) is 0 Å². The largest absolute Gasteiger partial charge is 0.341 e. The van der Waals surface area contributed by atoms with Gasteiger partial charge >= 0.3 is 0 Å². The standard InChI is InChI=1S/C42H49N/c1-11-16-30(2)25-26-43(41-19-13-12-14-20-41)38(10)36(8)29-34(6)33(5)28-35(7)37(9)42(39-23-21-31(3)22-24-39)40-18-15-17-32(4)27-40/h11-19,21-23,25-29,39,41-42H,1,5-6,9-10,20,24H2,2-4,7-8H3/b26-25+,30-16-,35-28-,36-29-. The summed E-state index contributed by atoms with van der Waals surface area (Å²) in [5.41, 5.74) is 10.9. The fourth-order valence-electron chi connectivity index (χ4n) is 5.51. The van der Waals surface area contributed by atoms with Crippen LogP contribution in [-0.2, 0) is 0 Å². The van der Waals surface area contributed by atoms with E-state index in [4.69, 9.17) is 0 Å². The summed E-state index contributed by atoms with van der Waals surface area (Å²) in [6.07, 6.45) is 29.6. The normalized spacial score (nSPS) is 19.7. The molecule has 0 aliphatic heterocycles. The van der Waals surface area contributed by atoms with Crippen LogP contribution in [-0.4, -0.2) is 10.9 Å². The lowest BCUT2D eigenvalue weighted by atomic mass is 9.75. The summed E-state index contributed by atoms with van der Waals surface area (Å²) in [7, 11) is 0. The summed E-state index contributed by atoms with van der Waals surface area (Å²) in [5.74, 6) is 0.544.